The third-order valence-electron chi connectivity index (χ3n) is 1.90. The smallest absolute Gasteiger partial charge is 0.323 e. The van der Waals surface area contributed by atoms with Crippen LogP contribution in [-0.4, -0.2) is 9.97 Å². The molecule has 17 heavy (non-hydrogen) atoms. The van der Waals surface area contributed by atoms with Crippen LogP contribution in [0.1, 0.15) is 5.69 Å². The maximum Gasteiger partial charge on any atom is 0.323 e. The second-order valence-electron chi connectivity index (χ2n) is 3.13. The second-order valence-corrected chi connectivity index (χ2v) is 3.54. The minimum Gasteiger partial charge on any atom is -0.423 e. The number of anilines is 1. The number of aromatic nitrogens is 2. The first-order valence-electron chi connectivity index (χ1n) is 4.65. The van der Waals surface area contributed by atoms with E-state index in [-0.39, 0.29) is 11.7 Å². The number of hydrogen-bond donors (Lipinski definition) is 1. The summed E-state index contributed by atoms with van der Waals surface area (Å²) in [7, 11) is 0. The highest BCUT2D eigenvalue weighted by Gasteiger charge is 2.06. The summed E-state index contributed by atoms with van der Waals surface area (Å²) >= 11 is 5.92. The first kappa shape index (κ1) is 11.2. The normalized spacial score (nSPS) is 9.65. The Hall–Kier alpha value is -2.32. The van der Waals surface area contributed by atoms with E-state index >= 15 is 0 Å². The Bertz CT molecular complexity index is 594. The Morgan fingerprint density at radius 3 is 2.94 bits per heavy atom. The zero-order valence-electron chi connectivity index (χ0n) is 8.59. The fourth-order valence-corrected chi connectivity index (χ4v) is 1.30. The number of rotatable bonds is 2. The molecular weight excluding hydrogens is 240 g/mol. The molecule has 2 N–H and O–H groups in total. The molecule has 84 valence electrons. The van der Waals surface area contributed by atoms with E-state index in [0.29, 0.717) is 16.5 Å². The Morgan fingerprint density at radius 1 is 1.35 bits per heavy atom. The summed E-state index contributed by atoms with van der Waals surface area (Å²) in [5, 5.41) is 9.08. The van der Waals surface area contributed by atoms with Crippen molar-refractivity contribution in [2.75, 3.05) is 5.73 Å². The quantitative estimate of drug-likeness (QED) is 0.823. The molecule has 1 aromatic heterocycles. The first-order chi connectivity index (χ1) is 8.19. The molecule has 0 aliphatic carbocycles. The lowest BCUT2D eigenvalue weighted by molar-refractivity contribution is 0.441. The third-order valence-corrected chi connectivity index (χ3v) is 2.22. The van der Waals surface area contributed by atoms with Crippen LogP contribution in [0.25, 0.3) is 0 Å². The van der Waals surface area contributed by atoms with Crippen LogP contribution in [0.5, 0.6) is 11.8 Å². The molecule has 0 aliphatic heterocycles. The van der Waals surface area contributed by atoms with Crippen LogP contribution in [0, 0.1) is 11.3 Å². The molecule has 0 atom stereocenters. The van der Waals surface area contributed by atoms with Crippen molar-refractivity contribution in [1.82, 2.24) is 9.97 Å². The molecule has 2 aromatic rings. The third kappa shape index (κ3) is 2.62. The number of hydrogen-bond acceptors (Lipinski definition) is 5. The van der Waals surface area contributed by atoms with E-state index in [2.05, 4.69) is 9.97 Å². The number of halogens is 1. The van der Waals surface area contributed by atoms with Crippen molar-refractivity contribution in [1.29, 1.82) is 5.26 Å². The summed E-state index contributed by atoms with van der Waals surface area (Å²) in [4.78, 5) is 7.73. The number of nitriles is 1. The van der Waals surface area contributed by atoms with Crippen LogP contribution in [0.2, 0.25) is 5.02 Å². The van der Waals surface area contributed by atoms with Gasteiger partial charge in [-0.3, -0.25) is 0 Å². The highest BCUT2D eigenvalue weighted by atomic mass is 35.5. The molecule has 2 rings (SSSR count). The fourth-order valence-electron chi connectivity index (χ4n) is 1.15. The minimum absolute atomic E-state index is 0.0524. The van der Waals surface area contributed by atoms with E-state index in [4.69, 9.17) is 27.3 Å². The van der Waals surface area contributed by atoms with Gasteiger partial charge in [0.2, 0.25) is 0 Å². The molecule has 0 saturated carbocycles. The monoisotopic (exact) mass is 246 g/mol. The van der Waals surface area contributed by atoms with Gasteiger partial charge in [-0.05, 0) is 18.2 Å². The van der Waals surface area contributed by atoms with Crippen LogP contribution in [0.4, 0.5) is 5.69 Å². The number of nitrogens with zero attached hydrogens (tertiary/aromatic N) is 3. The first-order valence-corrected chi connectivity index (χ1v) is 5.03. The molecule has 5 nitrogen and oxygen atoms in total. The molecule has 6 heteroatoms. The number of nitrogen functional groups attached to an aromatic ring is 1. The van der Waals surface area contributed by atoms with Crippen LogP contribution >= 0.6 is 11.6 Å². The van der Waals surface area contributed by atoms with E-state index in [1.165, 1.54) is 12.3 Å². The molecule has 0 bridgehead atoms. The highest BCUT2D eigenvalue weighted by Crippen LogP contribution is 2.29. The Labute approximate surface area is 102 Å². The summed E-state index contributed by atoms with van der Waals surface area (Å²) in [6.45, 7) is 0. The van der Waals surface area contributed by atoms with E-state index in [0.717, 1.165) is 0 Å². The zero-order chi connectivity index (χ0) is 12.3. The predicted octanol–water partition coefficient (Wildman–Crippen LogP) is 2.38. The average Bonchev–Trinajstić information content (AvgIpc) is 2.34. The van der Waals surface area contributed by atoms with Crippen LogP contribution in [-0.2, 0) is 0 Å². The Morgan fingerprint density at radius 2 is 2.18 bits per heavy atom. The lowest BCUT2D eigenvalue weighted by Crippen LogP contribution is -1.95. The average molecular weight is 247 g/mol. The van der Waals surface area contributed by atoms with Crippen molar-refractivity contribution >= 4 is 17.3 Å². The summed E-state index contributed by atoms with van der Waals surface area (Å²) in [6, 6.07) is 8.25. The van der Waals surface area contributed by atoms with E-state index in [1.807, 2.05) is 6.07 Å². The van der Waals surface area contributed by atoms with Crippen molar-refractivity contribution < 1.29 is 4.74 Å². The molecule has 0 fully saturated rings. The zero-order valence-corrected chi connectivity index (χ0v) is 9.35. The van der Waals surface area contributed by atoms with E-state index in [9.17, 15) is 0 Å². The lowest BCUT2D eigenvalue weighted by atomic mass is 10.3. The Balaban J connectivity index is 2.31. The second kappa shape index (κ2) is 4.68. The van der Waals surface area contributed by atoms with Crippen LogP contribution in [0.15, 0.2) is 30.5 Å². The molecule has 0 spiro atoms. The summed E-state index contributed by atoms with van der Waals surface area (Å²) < 4.78 is 5.35. The predicted molar refractivity (Wildman–Crippen MR) is 62.7 cm³/mol. The van der Waals surface area contributed by atoms with Gasteiger partial charge in [0, 0.05) is 18.0 Å². The molecule has 0 aliphatic rings. The van der Waals surface area contributed by atoms with Crippen LogP contribution in [0.3, 0.4) is 0 Å². The van der Waals surface area contributed by atoms with Crippen molar-refractivity contribution in [3.05, 3.63) is 41.2 Å². The van der Waals surface area contributed by atoms with Gasteiger partial charge in [-0.15, -0.1) is 0 Å². The van der Waals surface area contributed by atoms with Gasteiger partial charge in [0.25, 0.3) is 0 Å². The van der Waals surface area contributed by atoms with Crippen molar-refractivity contribution in [3.8, 4) is 17.8 Å². The fraction of sp³-hybridized carbons (Fsp3) is 0. The Kier molecular flexibility index (Phi) is 3.08. The maximum absolute atomic E-state index is 8.68. The van der Waals surface area contributed by atoms with Crippen molar-refractivity contribution in [3.63, 3.8) is 0 Å². The molecular formula is C11H7ClN4O. The summed E-state index contributed by atoms with van der Waals surface area (Å²) in [5.74, 6) is 0.349. The van der Waals surface area contributed by atoms with Gasteiger partial charge < -0.3 is 10.5 Å². The van der Waals surface area contributed by atoms with Gasteiger partial charge in [-0.1, -0.05) is 11.6 Å². The van der Waals surface area contributed by atoms with Crippen LogP contribution < -0.4 is 10.5 Å². The topological polar surface area (TPSA) is 84.8 Å². The standard InChI is InChI=1S/C11H7ClN4O/c12-9-2-1-7(14)5-10(9)17-11-15-4-3-8(6-13)16-11/h1-5H,14H2. The highest BCUT2D eigenvalue weighted by molar-refractivity contribution is 6.32. The van der Waals surface area contributed by atoms with Gasteiger partial charge in [0.15, 0.2) is 5.75 Å². The lowest BCUT2D eigenvalue weighted by Gasteiger charge is -2.06. The molecule has 0 unspecified atom stereocenters. The number of benzene rings is 1. The van der Waals surface area contributed by atoms with Gasteiger partial charge in [-0.2, -0.15) is 10.2 Å². The largest absolute Gasteiger partial charge is 0.423 e. The van der Waals surface area contributed by atoms with E-state index in [1.54, 1.807) is 18.2 Å². The van der Waals surface area contributed by atoms with Gasteiger partial charge >= 0.3 is 6.01 Å². The van der Waals surface area contributed by atoms with Gasteiger partial charge in [0.1, 0.15) is 11.8 Å². The maximum atomic E-state index is 8.68. The molecule has 0 radical (unpaired) electrons. The summed E-state index contributed by atoms with van der Waals surface area (Å²) in [5.41, 5.74) is 6.34. The van der Waals surface area contributed by atoms with E-state index < -0.39 is 0 Å². The molecule has 0 saturated heterocycles. The van der Waals surface area contributed by atoms with Crippen molar-refractivity contribution in [2.24, 2.45) is 0 Å². The van der Waals surface area contributed by atoms with Gasteiger partial charge in [-0.25, -0.2) is 4.98 Å². The minimum atomic E-state index is 0.0524. The van der Waals surface area contributed by atoms with Gasteiger partial charge in [0.05, 0.1) is 5.02 Å². The number of nitrogens with two attached hydrogens (primary N) is 1. The molecule has 0 amide bonds. The van der Waals surface area contributed by atoms with Crippen molar-refractivity contribution in [2.45, 2.75) is 0 Å². The SMILES string of the molecule is N#Cc1ccnc(Oc2cc(N)ccc2Cl)n1. The summed E-state index contributed by atoms with van der Waals surface area (Å²) in [6.07, 6.45) is 1.43. The molecule has 1 heterocycles. The molecule has 1 aromatic carbocycles. The number of ether oxygens (including phenoxy) is 1.